The van der Waals surface area contributed by atoms with Gasteiger partial charge >= 0.3 is 0 Å². The Morgan fingerprint density at radius 3 is 1.27 bits per heavy atom. The summed E-state index contributed by atoms with van der Waals surface area (Å²) in [7, 11) is 1.30. The van der Waals surface area contributed by atoms with E-state index in [-0.39, 0.29) is 19.1 Å². The number of nitrogens with one attached hydrogen (secondary N) is 1. The zero-order valence-electron chi connectivity index (χ0n) is 46.2. The first-order valence-electron chi connectivity index (χ1n) is 28.9. The first-order valence-corrected chi connectivity index (χ1v) is 30.4. The Balaban J connectivity index is 3.80. The summed E-state index contributed by atoms with van der Waals surface area (Å²) in [6, 6.07) is -0.799. The molecule has 0 aliphatic carbocycles. The average Bonchev–Trinajstić information content (AvgIpc) is 3.32. The topological polar surface area (TPSA) is 108 Å². The normalized spacial score (nSPS) is 14.6. The SMILES string of the molecule is CC/C=C\C/C=C\C/C=C\C/C=C\C/C=C\C/C=C\C/C=C\CCCCCCCCCCCCCCCCCCCCCC(=O)NC(COP(=O)([O-])OCC[N+](C)(C)C)C(O)CCCCCCCCC. The molecule has 0 saturated carbocycles. The van der Waals surface area contributed by atoms with Gasteiger partial charge in [-0.1, -0.05) is 253 Å². The van der Waals surface area contributed by atoms with Crippen LogP contribution in [0, 0.1) is 0 Å². The Kier molecular flexibility index (Phi) is 49.9. The van der Waals surface area contributed by atoms with Crippen molar-refractivity contribution in [3.8, 4) is 0 Å². The van der Waals surface area contributed by atoms with Gasteiger partial charge in [0.2, 0.25) is 5.91 Å². The van der Waals surface area contributed by atoms with Gasteiger partial charge in [0, 0.05) is 6.42 Å². The van der Waals surface area contributed by atoms with Crippen molar-refractivity contribution in [3.05, 3.63) is 85.1 Å². The number of hydrogen-bond donors (Lipinski definition) is 2. The van der Waals surface area contributed by atoms with Gasteiger partial charge in [-0.3, -0.25) is 9.36 Å². The molecule has 0 aromatic carbocycles. The highest BCUT2D eigenvalue weighted by atomic mass is 31.2. The molecule has 0 aliphatic rings. The Morgan fingerprint density at radius 1 is 0.514 bits per heavy atom. The first-order chi connectivity index (χ1) is 34.0. The molecule has 3 atom stereocenters. The van der Waals surface area contributed by atoms with Gasteiger partial charge in [0.1, 0.15) is 13.2 Å². The highest BCUT2D eigenvalue weighted by molar-refractivity contribution is 7.45. The van der Waals surface area contributed by atoms with E-state index in [1.165, 1.54) is 135 Å². The van der Waals surface area contributed by atoms with Crippen LogP contribution in [0.25, 0.3) is 0 Å². The van der Waals surface area contributed by atoms with Crippen LogP contribution in [0.5, 0.6) is 0 Å². The molecule has 9 heteroatoms. The molecule has 70 heavy (non-hydrogen) atoms. The number of aliphatic hydroxyl groups excluding tert-OH is 1. The van der Waals surface area contributed by atoms with Crippen LogP contribution in [0.3, 0.4) is 0 Å². The van der Waals surface area contributed by atoms with Gasteiger partial charge in [0.15, 0.2) is 0 Å². The van der Waals surface area contributed by atoms with Crippen molar-refractivity contribution in [3.63, 3.8) is 0 Å². The standard InChI is InChI=1S/C61H111N2O6P/c1-6-8-10-12-14-15-16-17-18-19-20-21-22-23-24-25-26-27-28-29-30-31-32-33-34-35-36-37-38-39-40-41-42-43-44-45-46-47-49-51-53-55-61(65)62-59(60(64)54-52-50-48-13-11-9-7-2)58-69-70(66,67)68-57-56-63(3,4)5/h8,10,14-15,17-18,20-21,23-24,26-27,29-30,59-60,64H,6-7,9,11-13,16,19,22,25,28,31-58H2,1-5H3,(H-,62,65,66,67)/b10-8-,15-14-,18-17-,21-20-,24-23-,27-26-,30-29-. The number of carbonyl (C=O) groups is 1. The summed E-state index contributed by atoms with van der Waals surface area (Å²) in [5, 5.41) is 13.8. The number of carbonyl (C=O) groups excluding carboxylic acids is 1. The van der Waals surface area contributed by atoms with Crippen molar-refractivity contribution in [1.82, 2.24) is 5.32 Å². The van der Waals surface area contributed by atoms with Crippen molar-refractivity contribution >= 4 is 13.7 Å². The predicted molar refractivity (Wildman–Crippen MR) is 302 cm³/mol. The maximum absolute atomic E-state index is 12.9. The summed E-state index contributed by atoms with van der Waals surface area (Å²) >= 11 is 0. The van der Waals surface area contributed by atoms with E-state index in [4.69, 9.17) is 9.05 Å². The molecule has 0 fully saturated rings. The van der Waals surface area contributed by atoms with E-state index in [0.29, 0.717) is 23.9 Å². The van der Waals surface area contributed by atoms with Crippen molar-refractivity contribution in [2.24, 2.45) is 0 Å². The number of nitrogens with zero attached hydrogens (tertiary/aromatic N) is 1. The van der Waals surface area contributed by atoms with Gasteiger partial charge in [-0.15, -0.1) is 0 Å². The zero-order valence-corrected chi connectivity index (χ0v) is 47.1. The number of aliphatic hydroxyl groups is 1. The highest BCUT2D eigenvalue weighted by Gasteiger charge is 2.24. The molecule has 0 saturated heterocycles. The second kappa shape index (κ2) is 51.6. The average molecular weight is 1000 g/mol. The quantitative estimate of drug-likeness (QED) is 0.0272. The Morgan fingerprint density at radius 2 is 0.871 bits per heavy atom. The first kappa shape index (κ1) is 67.7. The lowest BCUT2D eigenvalue weighted by molar-refractivity contribution is -0.870. The van der Waals surface area contributed by atoms with Gasteiger partial charge in [-0.05, 0) is 70.6 Å². The van der Waals surface area contributed by atoms with Crippen LogP contribution in [0.15, 0.2) is 85.1 Å². The minimum atomic E-state index is -4.56. The molecular weight excluding hydrogens is 888 g/mol. The fraction of sp³-hybridized carbons (Fsp3) is 0.754. The molecule has 0 radical (unpaired) electrons. The van der Waals surface area contributed by atoms with Gasteiger partial charge < -0.3 is 28.8 Å². The van der Waals surface area contributed by atoms with Gasteiger partial charge in [-0.25, -0.2) is 0 Å². The minimum absolute atomic E-state index is 0.0107. The molecule has 8 nitrogen and oxygen atoms in total. The molecule has 0 aromatic heterocycles. The Hall–Kier alpha value is -2.32. The monoisotopic (exact) mass is 999 g/mol. The lowest BCUT2D eigenvalue weighted by Crippen LogP contribution is -2.46. The van der Waals surface area contributed by atoms with Crippen molar-refractivity contribution < 1.29 is 32.9 Å². The number of amides is 1. The molecule has 0 heterocycles. The van der Waals surface area contributed by atoms with E-state index in [2.05, 4.69) is 104 Å². The zero-order chi connectivity index (χ0) is 51.3. The van der Waals surface area contributed by atoms with E-state index < -0.39 is 20.0 Å². The fourth-order valence-electron chi connectivity index (χ4n) is 8.14. The summed E-state index contributed by atoms with van der Waals surface area (Å²) in [5.74, 6) is -0.169. The Labute approximate surface area is 433 Å². The van der Waals surface area contributed by atoms with Gasteiger partial charge in [0.25, 0.3) is 7.82 Å². The summed E-state index contributed by atoms with van der Waals surface area (Å²) in [5.41, 5.74) is 0. The largest absolute Gasteiger partial charge is 0.756 e. The number of rotatable bonds is 52. The lowest BCUT2D eigenvalue weighted by Gasteiger charge is -2.30. The number of phosphoric ester groups is 1. The fourth-order valence-corrected chi connectivity index (χ4v) is 8.86. The predicted octanol–water partition coefficient (Wildman–Crippen LogP) is 17.0. The van der Waals surface area contributed by atoms with E-state index >= 15 is 0 Å². The number of phosphoric acid groups is 1. The van der Waals surface area contributed by atoms with Crippen LogP contribution in [0.4, 0.5) is 0 Å². The molecule has 0 rings (SSSR count). The number of likely N-dealkylation sites (N-methyl/N-ethyl adjacent to an activating group) is 1. The second-order valence-electron chi connectivity index (χ2n) is 20.6. The third-order valence-corrected chi connectivity index (χ3v) is 13.6. The molecule has 3 unspecified atom stereocenters. The van der Waals surface area contributed by atoms with E-state index in [0.717, 1.165) is 83.5 Å². The van der Waals surface area contributed by atoms with Crippen molar-refractivity contribution in [2.45, 2.75) is 257 Å². The maximum atomic E-state index is 12.9. The maximum Gasteiger partial charge on any atom is 0.268 e. The summed E-state index contributed by atoms with van der Waals surface area (Å²) in [4.78, 5) is 25.3. The lowest BCUT2D eigenvalue weighted by atomic mass is 10.0. The summed E-state index contributed by atoms with van der Waals surface area (Å²) in [6.45, 7) is 4.55. The number of unbranched alkanes of at least 4 members (excludes halogenated alkanes) is 25. The van der Waals surface area contributed by atoms with Crippen LogP contribution >= 0.6 is 7.82 Å². The smallest absolute Gasteiger partial charge is 0.268 e. The molecule has 2 N–H and O–H groups in total. The Bertz CT molecular complexity index is 1410. The van der Waals surface area contributed by atoms with E-state index in [1.807, 2.05) is 21.1 Å². The third kappa shape index (κ3) is 53.5. The number of quaternary nitrogens is 1. The van der Waals surface area contributed by atoms with Crippen LogP contribution in [0.2, 0.25) is 0 Å². The molecular formula is C61H111N2O6P. The molecule has 0 spiro atoms. The van der Waals surface area contributed by atoms with E-state index in [1.54, 1.807) is 0 Å². The molecule has 1 amide bonds. The van der Waals surface area contributed by atoms with Crippen molar-refractivity contribution in [2.75, 3.05) is 40.9 Å². The van der Waals surface area contributed by atoms with Gasteiger partial charge in [0.05, 0.1) is 39.9 Å². The molecule has 0 aliphatic heterocycles. The van der Waals surface area contributed by atoms with Crippen LogP contribution in [-0.2, 0) is 18.4 Å². The van der Waals surface area contributed by atoms with Crippen LogP contribution < -0.4 is 10.2 Å². The highest BCUT2D eigenvalue weighted by Crippen LogP contribution is 2.38. The van der Waals surface area contributed by atoms with Crippen LogP contribution in [0.1, 0.15) is 245 Å². The van der Waals surface area contributed by atoms with Crippen molar-refractivity contribution in [1.29, 1.82) is 0 Å². The van der Waals surface area contributed by atoms with Gasteiger partial charge in [-0.2, -0.15) is 0 Å². The van der Waals surface area contributed by atoms with E-state index in [9.17, 15) is 19.4 Å². The molecule has 0 aromatic rings. The summed E-state index contributed by atoms with van der Waals surface area (Å²) in [6.07, 6.45) is 72.4. The second-order valence-corrected chi connectivity index (χ2v) is 22.0. The summed E-state index contributed by atoms with van der Waals surface area (Å²) < 4.78 is 23.2. The number of allylic oxidation sites excluding steroid dienone is 14. The number of hydrogen-bond acceptors (Lipinski definition) is 6. The molecule has 0 bridgehead atoms. The minimum Gasteiger partial charge on any atom is -0.756 e. The molecule has 406 valence electrons. The third-order valence-electron chi connectivity index (χ3n) is 12.6. The van der Waals surface area contributed by atoms with Crippen LogP contribution in [-0.4, -0.2) is 68.5 Å².